The number of nitrogens with zero attached hydrogens (tertiary/aromatic N) is 3. The molecule has 1 N–H and O–H groups in total. The van der Waals surface area contributed by atoms with E-state index in [9.17, 15) is 0 Å². The van der Waals surface area contributed by atoms with Gasteiger partial charge in [-0.1, -0.05) is 5.16 Å². The molecule has 0 fully saturated rings. The zero-order valence-corrected chi connectivity index (χ0v) is 8.19. The van der Waals surface area contributed by atoms with Crippen molar-refractivity contribution in [1.82, 2.24) is 14.7 Å². The molecule has 0 aromatic carbocycles. The molecule has 0 spiro atoms. The zero-order valence-electron chi connectivity index (χ0n) is 8.19. The van der Waals surface area contributed by atoms with E-state index < -0.39 is 0 Å². The van der Waals surface area contributed by atoms with Crippen LogP contribution in [0.25, 0.3) is 0 Å². The monoisotopic (exact) mass is 192 g/mol. The molecule has 74 valence electrons. The molecule has 0 atom stereocenters. The van der Waals surface area contributed by atoms with Crippen LogP contribution in [0.1, 0.15) is 11.5 Å². The molecule has 0 saturated carbocycles. The van der Waals surface area contributed by atoms with E-state index in [-0.39, 0.29) is 0 Å². The van der Waals surface area contributed by atoms with E-state index >= 15 is 0 Å². The molecule has 2 aromatic rings. The fraction of sp³-hybridized carbons (Fsp3) is 0.333. The van der Waals surface area contributed by atoms with Crippen molar-refractivity contribution in [3.8, 4) is 0 Å². The van der Waals surface area contributed by atoms with Crippen LogP contribution in [-0.4, -0.2) is 14.7 Å². The molecular formula is C9H12N4O. The lowest BCUT2D eigenvalue weighted by atomic mass is 10.4. The molecule has 0 saturated heterocycles. The van der Waals surface area contributed by atoms with Gasteiger partial charge in [0.2, 0.25) is 0 Å². The first-order chi connectivity index (χ1) is 6.75. The molecule has 2 heterocycles. The molecule has 5 nitrogen and oxygen atoms in total. The third-order valence-electron chi connectivity index (χ3n) is 2.00. The average molecular weight is 192 g/mol. The van der Waals surface area contributed by atoms with Gasteiger partial charge in [-0.2, -0.15) is 4.98 Å². The highest BCUT2D eigenvalue weighted by Crippen LogP contribution is 2.06. The quantitative estimate of drug-likeness (QED) is 0.797. The maximum absolute atomic E-state index is 4.92. The Hall–Kier alpha value is -1.78. The third-order valence-corrected chi connectivity index (χ3v) is 2.00. The fourth-order valence-corrected chi connectivity index (χ4v) is 1.22. The zero-order chi connectivity index (χ0) is 9.97. The predicted octanol–water partition coefficient (Wildman–Crippen LogP) is 1.33. The molecule has 0 aliphatic heterocycles. The van der Waals surface area contributed by atoms with Crippen molar-refractivity contribution in [2.24, 2.45) is 7.05 Å². The van der Waals surface area contributed by atoms with Gasteiger partial charge in [-0.05, 0) is 19.1 Å². The predicted molar refractivity (Wildman–Crippen MR) is 51.8 cm³/mol. The molecule has 0 unspecified atom stereocenters. The van der Waals surface area contributed by atoms with E-state index in [0.717, 1.165) is 0 Å². The van der Waals surface area contributed by atoms with Crippen LogP contribution in [0.4, 0.5) is 6.01 Å². The molecule has 0 amide bonds. The molecule has 2 aromatic heterocycles. The Balaban J connectivity index is 1.98. The second kappa shape index (κ2) is 3.53. The smallest absolute Gasteiger partial charge is 0.321 e. The topological polar surface area (TPSA) is 55.9 Å². The normalized spacial score (nSPS) is 10.4. The van der Waals surface area contributed by atoms with Gasteiger partial charge in [0.05, 0.1) is 6.54 Å². The minimum atomic E-state index is 0.462. The van der Waals surface area contributed by atoms with Gasteiger partial charge in [0, 0.05) is 18.9 Å². The standard InChI is InChI=1S/C9H12N4O/c1-7-11-9(14-12-7)10-6-8-4-3-5-13(8)2/h3-5H,6H2,1-2H3,(H,10,11,12). The highest BCUT2D eigenvalue weighted by Gasteiger charge is 2.02. The summed E-state index contributed by atoms with van der Waals surface area (Å²) >= 11 is 0. The lowest BCUT2D eigenvalue weighted by molar-refractivity contribution is 0.425. The van der Waals surface area contributed by atoms with Crippen LogP contribution < -0.4 is 5.32 Å². The van der Waals surface area contributed by atoms with E-state index in [2.05, 4.69) is 15.5 Å². The van der Waals surface area contributed by atoms with E-state index in [1.165, 1.54) is 5.69 Å². The largest absolute Gasteiger partial charge is 0.353 e. The fourth-order valence-electron chi connectivity index (χ4n) is 1.22. The van der Waals surface area contributed by atoms with E-state index in [1.54, 1.807) is 6.92 Å². The highest BCUT2D eigenvalue weighted by atomic mass is 16.5. The summed E-state index contributed by atoms with van der Waals surface area (Å²) in [5, 5.41) is 6.73. The van der Waals surface area contributed by atoms with E-state index in [1.807, 2.05) is 29.9 Å². The molecule has 14 heavy (non-hydrogen) atoms. The van der Waals surface area contributed by atoms with Crippen molar-refractivity contribution < 1.29 is 4.52 Å². The van der Waals surface area contributed by atoms with Crippen LogP contribution in [0.5, 0.6) is 0 Å². The van der Waals surface area contributed by atoms with Crippen molar-refractivity contribution >= 4 is 6.01 Å². The average Bonchev–Trinajstić information content (AvgIpc) is 2.72. The maximum atomic E-state index is 4.92. The third kappa shape index (κ3) is 1.76. The van der Waals surface area contributed by atoms with Crippen molar-refractivity contribution in [2.45, 2.75) is 13.5 Å². The summed E-state index contributed by atoms with van der Waals surface area (Å²) in [6.45, 7) is 2.47. The van der Waals surface area contributed by atoms with Gasteiger partial charge in [-0.15, -0.1) is 0 Å². The summed E-state index contributed by atoms with van der Waals surface area (Å²) < 4.78 is 6.96. The van der Waals surface area contributed by atoms with Gasteiger partial charge in [0.1, 0.15) is 0 Å². The number of rotatable bonds is 3. The Morgan fingerprint density at radius 2 is 2.43 bits per heavy atom. The van der Waals surface area contributed by atoms with Crippen molar-refractivity contribution in [3.05, 3.63) is 29.8 Å². The Bertz CT molecular complexity index is 418. The molecule has 0 aliphatic rings. The summed E-state index contributed by atoms with van der Waals surface area (Å²) in [4.78, 5) is 4.04. The summed E-state index contributed by atoms with van der Waals surface area (Å²) in [5.41, 5.74) is 1.17. The first-order valence-corrected chi connectivity index (χ1v) is 4.40. The Morgan fingerprint density at radius 3 is 3.00 bits per heavy atom. The second-order valence-corrected chi connectivity index (χ2v) is 3.11. The SMILES string of the molecule is Cc1noc(NCc2cccn2C)n1. The van der Waals surface area contributed by atoms with Crippen LogP contribution in [-0.2, 0) is 13.6 Å². The summed E-state index contributed by atoms with van der Waals surface area (Å²) in [6.07, 6.45) is 2.00. The summed E-state index contributed by atoms with van der Waals surface area (Å²) in [5.74, 6) is 0.638. The van der Waals surface area contributed by atoms with Crippen LogP contribution in [0, 0.1) is 6.92 Å². The lowest BCUT2D eigenvalue weighted by Crippen LogP contribution is -2.03. The number of nitrogens with one attached hydrogen (secondary N) is 1. The molecule has 0 radical (unpaired) electrons. The Labute approximate surface area is 81.7 Å². The van der Waals surface area contributed by atoms with Gasteiger partial charge in [-0.3, -0.25) is 0 Å². The van der Waals surface area contributed by atoms with Gasteiger partial charge in [-0.25, -0.2) is 0 Å². The molecule has 0 bridgehead atoms. The number of anilines is 1. The van der Waals surface area contributed by atoms with Gasteiger partial charge in [0.25, 0.3) is 0 Å². The lowest BCUT2D eigenvalue weighted by Gasteiger charge is -2.02. The van der Waals surface area contributed by atoms with E-state index in [4.69, 9.17) is 4.52 Å². The second-order valence-electron chi connectivity index (χ2n) is 3.11. The number of aryl methyl sites for hydroxylation is 2. The Morgan fingerprint density at radius 1 is 1.57 bits per heavy atom. The van der Waals surface area contributed by atoms with E-state index in [0.29, 0.717) is 18.4 Å². The molecule has 0 aliphatic carbocycles. The van der Waals surface area contributed by atoms with Crippen LogP contribution in [0.3, 0.4) is 0 Å². The number of hydrogen-bond acceptors (Lipinski definition) is 4. The minimum Gasteiger partial charge on any atom is -0.353 e. The number of hydrogen-bond donors (Lipinski definition) is 1. The molecule has 5 heteroatoms. The van der Waals surface area contributed by atoms with Crippen LogP contribution >= 0.6 is 0 Å². The first-order valence-electron chi connectivity index (χ1n) is 4.40. The van der Waals surface area contributed by atoms with Gasteiger partial charge >= 0.3 is 6.01 Å². The van der Waals surface area contributed by atoms with Crippen molar-refractivity contribution in [1.29, 1.82) is 0 Å². The van der Waals surface area contributed by atoms with Crippen LogP contribution in [0.2, 0.25) is 0 Å². The minimum absolute atomic E-state index is 0.462. The summed E-state index contributed by atoms with van der Waals surface area (Å²) in [6, 6.07) is 4.50. The highest BCUT2D eigenvalue weighted by molar-refractivity contribution is 5.21. The summed E-state index contributed by atoms with van der Waals surface area (Å²) in [7, 11) is 2.00. The first kappa shape index (κ1) is 8.80. The Kier molecular flexibility index (Phi) is 2.22. The maximum Gasteiger partial charge on any atom is 0.321 e. The van der Waals surface area contributed by atoms with Gasteiger partial charge < -0.3 is 14.4 Å². The van der Waals surface area contributed by atoms with Gasteiger partial charge in [0.15, 0.2) is 5.82 Å². The molecular weight excluding hydrogens is 180 g/mol. The molecule has 2 rings (SSSR count). The number of aromatic nitrogens is 3. The van der Waals surface area contributed by atoms with Crippen molar-refractivity contribution in [2.75, 3.05) is 5.32 Å². The van der Waals surface area contributed by atoms with Crippen LogP contribution in [0.15, 0.2) is 22.9 Å². The van der Waals surface area contributed by atoms with Crippen molar-refractivity contribution in [3.63, 3.8) is 0 Å².